The summed E-state index contributed by atoms with van der Waals surface area (Å²) in [6.45, 7) is 2.13. The molecule has 0 N–H and O–H groups in total. The number of hydrogen-bond acceptors (Lipinski definition) is 2. The van der Waals surface area contributed by atoms with Gasteiger partial charge in [-0.25, -0.2) is 0 Å². The van der Waals surface area contributed by atoms with Gasteiger partial charge in [0.15, 0.2) is 0 Å². The van der Waals surface area contributed by atoms with Crippen LogP contribution < -0.4 is 0 Å². The second-order valence-electron chi connectivity index (χ2n) is 3.14. The lowest BCUT2D eigenvalue weighted by atomic mass is 10.0. The third-order valence-electron chi connectivity index (χ3n) is 1.95. The van der Waals surface area contributed by atoms with Crippen molar-refractivity contribution >= 4 is 11.3 Å². The summed E-state index contributed by atoms with van der Waals surface area (Å²) in [4.78, 5) is 0. The Balaban J connectivity index is 2.23. The zero-order chi connectivity index (χ0) is 8.81. The lowest BCUT2D eigenvalue weighted by Gasteiger charge is -2.04. The van der Waals surface area contributed by atoms with Gasteiger partial charge < -0.3 is 0 Å². The maximum absolute atomic E-state index is 8.45. The molecule has 2 heteroatoms. The first-order chi connectivity index (χ1) is 5.83. The van der Waals surface area contributed by atoms with Gasteiger partial charge in [-0.05, 0) is 41.1 Å². The largest absolute Gasteiger partial charge is 0.198 e. The first-order valence-corrected chi connectivity index (χ1v) is 5.15. The molecule has 0 radical (unpaired) electrons. The Hall–Kier alpha value is -0.810. The molecule has 1 aromatic heterocycles. The highest BCUT2D eigenvalue weighted by molar-refractivity contribution is 7.07. The van der Waals surface area contributed by atoms with E-state index >= 15 is 0 Å². The monoisotopic (exact) mass is 179 g/mol. The Kier molecular flexibility index (Phi) is 3.83. The van der Waals surface area contributed by atoms with Gasteiger partial charge in [-0.15, -0.1) is 0 Å². The molecule has 1 aromatic rings. The van der Waals surface area contributed by atoms with Crippen LogP contribution in [0.5, 0.6) is 0 Å². The van der Waals surface area contributed by atoms with Gasteiger partial charge in [0, 0.05) is 6.42 Å². The number of rotatable bonds is 4. The van der Waals surface area contributed by atoms with Crippen LogP contribution in [0.25, 0.3) is 0 Å². The fraction of sp³-hybridized carbons (Fsp3) is 0.500. The fourth-order valence-corrected chi connectivity index (χ4v) is 1.81. The van der Waals surface area contributed by atoms with Crippen molar-refractivity contribution in [3.8, 4) is 6.07 Å². The molecule has 0 amide bonds. The highest BCUT2D eigenvalue weighted by Gasteiger charge is 2.01. The van der Waals surface area contributed by atoms with Gasteiger partial charge >= 0.3 is 0 Å². The van der Waals surface area contributed by atoms with Crippen LogP contribution in [0, 0.1) is 17.2 Å². The quantitative estimate of drug-likeness (QED) is 0.696. The first-order valence-electron chi connectivity index (χ1n) is 4.21. The highest BCUT2D eigenvalue weighted by atomic mass is 32.1. The van der Waals surface area contributed by atoms with Crippen molar-refractivity contribution in [2.24, 2.45) is 5.92 Å². The van der Waals surface area contributed by atoms with Crippen LogP contribution >= 0.6 is 11.3 Å². The number of hydrogen-bond donors (Lipinski definition) is 0. The summed E-state index contributed by atoms with van der Waals surface area (Å²) >= 11 is 1.74. The SMILES string of the molecule is CC(CC#N)CCc1ccsc1. The topological polar surface area (TPSA) is 23.8 Å². The number of nitrogens with zero attached hydrogens (tertiary/aromatic N) is 1. The van der Waals surface area contributed by atoms with Crippen molar-refractivity contribution in [1.82, 2.24) is 0 Å². The summed E-state index contributed by atoms with van der Waals surface area (Å²) in [5.74, 6) is 0.537. The van der Waals surface area contributed by atoms with Crippen molar-refractivity contribution in [3.63, 3.8) is 0 Å². The molecule has 0 aliphatic rings. The summed E-state index contributed by atoms with van der Waals surface area (Å²) in [7, 11) is 0. The van der Waals surface area contributed by atoms with Crippen LogP contribution in [0.15, 0.2) is 16.8 Å². The van der Waals surface area contributed by atoms with E-state index in [0.29, 0.717) is 12.3 Å². The molecule has 0 aromatic carbocycles. The standard InChI is InChI=1S/C10H13NS/c1-9(4-6-11)2-3-10-5-7-12-8-10/h5,7-9H,2-4H2,1H3. The van der Waals surface area contributed by atoms with E-state index in [9.17, 15) is 0 Å². The molecule has 1 heterocycles. The molecule has 0 aliphatic carbocycles. The van der Waals surface area contributed by atoms with E-state index < -0.39 is 0 Å². The summed E-state index contributed by atoms with van der Waals surface area (Å²) in [5.41, 5.74) is 1.41. The maximum Gasteiger partial charge on any atom is 0.0624 e. The van der Waals surface area contributed by atoms with Gasteiger partial charge in [0.2, 0.25) is 0 Å². The molecular weight excluding hydrogens is 166 g/mol. The molecule has 0 spiro atoms. The van der Waals surface area contributed by atoms with Gasteiger partial charge in [0.05, 0.1) is 6.07 Å². The normalized spacial score (nSPS) is 12.3. The van der Waals surface area contributed by atoms with Crippen molar-refractivity contribution in [2.45, 2.75) is 26.2 Å². The molecule has 64 valence electrons. The van der Waals surface area contributed by atoms with Gasteiger partial charge in [-0.1, -0.05) is 6.92 Å². The predicted molar refractivity (Wildman–Crippen MR) is 52.0 cm³/mol. The number of thiophene rings is 1. The maximum atomic E-state index is 8.45. The zero-order valence-corrected chi connectivity index (χ0v) is 8.10. The third-order valence-corrected chi connectivity index (χ3v) is 2.68. The van der Waals surface area contributed by atoms with E-state index in [0.717, 1.165) is 12.8 Å². The van der Waals surface area contributed by atoms with E-state index in [4.69, 9.17) is 5.26 Å². The van der Waals surface area contributed by atoms with Crippen molar-refractivity contribution in [3.05, 3.63) is 22.4 Å². The molecule has 1 rings (SSSR count). The summed E-state index contributed by atoms with van der Waals surface area (Å²) in [6, 6.07) is 4.36. The molecule has 0 bridgehead atoms. The summed E-state index contributed by atoms with van der Waals surface area (Å²) < 4.78 is 0. The van der Waals surface area contributed by atoms with Crippen LogP contribution in [-0.4, -0.2) is 0 Å². The average Bonchev–Trinajstić information content (AvgIpc) is 2.53. The van der Waals surface area contributed by atoms with Crippen molar-refractivity contribution in [2.75, 3.05) is 0 Å². The molecule has 0 saturated carbocycles. The molecule has 1 nitrogen and oxygen atoms in total. The molecule has 1 atom stereocenters. The zero-order valence-electron chi connectivity index (χ0n) is 7.29. The van der Waals surface area contributed by atoms with Crippen LogP contribution in [-0.2, 0) is 6.42 Å². The second kappa shape index (κ2) is 4.95. The molecule has 0 aliphatic heterocycles. The minimum atomic E-state index is 0.537. The molecular formula is C10H13NS. The Labute approximate surface area is 77.7 Å². The summed E-state index contributed by atoms with van der Waals surface area (Å²) in [5, 5.41) is 12.7. The predicted octanol–water partition coefficient (Wildman–Crippen LogP) is 3.23. The van der Waals surface area contributed by atoms with Crippen LogP contribution in [0.2, 0.25) is 0 Å². The minimum Gasteiger partial charge on any atom is -0.198 e. The third kappa shape index (κ3) is 3.06. The number of aryl methyl sites for hydroxylation is 1. The van der Waals surface area contributed by atoms with Gasteiger partial charge in [0.25, 0.3) is 0 Å². The van der Waals surface area contributed by atoms with Crippen molar-refractivity contribution in [1.29, 1.82) is 5.26 Å². The lowest BCUT2D eigenvalue weighted by molar-refractivity contribution is 0.546. The lowest BCUT2D eigenvalue weighted by Crippen LogP contribution is -1.94. The molecule has 12 heavy (non-hydrogen) atoms. The van der Waals surface area contributed by atoms with E-state index in [1.807, 2.05) is 0 Å². The van der Waals surface area contributed by atoms with E-state index in [1.165, 1.54) is 5.56 Å². The average molecular weight is 179 g/mol. The highest BCUT2D eigenvalue weighted by Crippen LogP contribution is 2.14. The number of nitriles is 1. The Morgan fingerprint density at radius 3 is 3.08 bits per heavy atom. The Morgan fingerprint density at radius 1 is 1.67 bits per heavy atom. The van der Waals surface area contributed by atoms with Gasteiger partial charge in [0.1, 0.15) is 0 Å². The smallest absolute Gasteiger partial charge is 0.0624 e. The van der Waals surface area contributed by atoms with Crippen molar-refractivity contribution < 1.29 is 0 Å². The van der Waals surface area contributed by atoms with E-state index in [1.54, 1.807) is 11.3 Å². The van der Waals surface area contributed by atoms with E-state index in [2.05, 4.69) is 29.8 Å². The molecule has 0 saturated heterocycles. The van der Waals surface area contributed by atoms with Gasteiger partial charge in [-0.3, -0.25) is 0 Å². The Bertz CT molecular complexity index is 245. The fourth-order valence-electron chi connectivity index (χ4n) is 1.11. The second-order valence-corrected chi connectivity index (χ2v) is 3.92. The van der Waals surface area contributed by atoms with E-state index in [-0.39, 0.29) is 0 Å². The van der Waals surface area contributed by atoms with Crippen LogP contribution in [0.4, 0.5) is 0 Å². The van der Waals surface area contributed by atoms with Crippen LogP contribution in [0.3, 0.4) is 0 Å². The summed E-state index contributed by atoms with van der Waals surface area (Å²) in [6.07, 6.45) is 2.93. The first kappa shape index (κ1) is 9.28. The molecule has 1 unspecified atom stereocenters. The van der Waals surface area contributed by atoms with Crippen LogP contribution in [0.1, 0.15) is 25.3 Å². The molecule has 0 fully saturated rings. The van der Waals surface area contributed by atoms with Gasteiger partial charge in [-0.2, -0.15) is 16.6 Å². The Morgan fingerprint density at radius 2 is 2.50 bits per heavy atom. The minimum absolute atomic E-state index is 0.537.